The van der Waals surface area contributed by atoms with Crippen LogP contribution in [0.15, 0.2) is 30.6 Å². The Morgan fingerprint density at radius 2 is 1.62 bits per heavy atom. The molecule has 126 valence electrons. The minimum atomic E-state index is -0.620. The molecule has 1 aromatic heterocycles. The molecule has 24 heavy (non-hydrogen) atoms. The van der Waals surface area contributed by atoms with Gasteiger partial charge in [0.2, 0.25) is 0 Å². The molecule has 0 radical (unpaired) electrons. The van der Waals surface area contributed by atoms with Gasteiger partial charge in [0.15, 0.2) is 11.6 Å². The molecule has 0 N–H and O–H groups in total. The Labute approximate surface area is 141 Å². The van der Waals surface area contributed by atoms with Crippen molar-refractivity contribution in [3.05, 3.63) is 42.0 Å². The monoisotopic (exact) mass is 330 g/mol. The fraction of sp³-hybridized carbons (Fsp3) is 0.412. The van der Waals surface area contributed by atoms with Crippen LogP contribution in [0.2, 0.25) is 0 Å². The molecular weight excluding hydrogens is 310 g/mol. The van der Waals surface area contributed by atoms with Gasteiger partial charge in [0, 0.05) is 12.4 Å². The van der Waals surface area contributed by atoms with Crippen LogP contribution in [-0.2, 0) is 9.31 Å². The highest BCUT2D eigenvalue weighted by Gasteiger charge is 2.51. The van der Waals surface area contributed by atoms with E-state index in [0.717, 1.165) is 0 Å². The van der Waals surface area contributed by atoms with Crippen molar-refractivity contribution >= 4 is 12.6 Å². The summed E-state index contributed by atoms with van der Waals surface area (Å²) >= 11 is 0. The molecular formula is C17H20BFN2O3. The van der Waals surface area contributed by atoms with Crippen molar-refractivity contribution in [2.75, 3.05) is 0 Å². The Morgan fingerprint density at radius 1 is 1.04 bits per heavy atom. The van der Waals surface area contributed by atoms with Crippen molar-refractivity contribution in [1.29, 1.82) is 0 Å². The van der Waals surface area contributed by atoms with Crippen LogP contribution in [0.25, 0.3) is 0 Å². The fourth-order valence-corrected chi connectivity index (χ4v) is 2.43. The zero-order valence-electron chi connectivity index (χ0n) is 14.5. The van der Waals surface area contributed by atoms with Crippen LogP contribution in [0.3, 0.4) is 0 Å². The lowest BCUT2D eigenvalue weighted by atomic mass is 9.78. The summed E-state index contributed by atoms with van der Waals surface area (Å²) < 4.78 is 31.9. The third kappa shape index (κ3) is 3.01. The van der Waals surface area contributed by atoms with Crippen LogP contribution in [0.5, 0.6) is 11.8 Å². The van der Waals surface area contributed by atoms with E-state index in [4.69, 9.17) is 14.0 Å². The molecule has 3 rings (SSSR count). The van der Waals surface area contributed by atoms with Gasteiger partial charge in [-0.1, -0.05) is 6.07 Å². The number of benzene rings is 1. The third-order valence-corrected chi connectivity index (χ3v) is 4.51. The average Bonchev–Trinajstić information content (AvgIpc) is 2.72. The highest BCUT2D eigenvalue weighted by atomic mass is 19.1. The maximum absolute atomic E-state index is 14.5. The first-order valence-corrected chi connectivity index (χ1v) is 7.80. The molecule has 7 heteroatoms. The van der Waals surface area contributed by atoms with Gasteiger partial charge in [0.05, 0.1) is 11.2 Å². The molecule has 5 nitrogen and oxygen atoms in total. The molecule has 1 aliphatic heterocycles. The largest absolute Gasteiger partial charge is 0.494 e. The predicted molar refractivity (Wildman–Crippen MR) is 89.0 cm³/mol. The highest BCUT2D eigenvalue weighted by Crippen LogP contribution is 2.37. The van der Waals surface area contributed by atoms with E-state index in [-0.39, 0.29) is 11.8 Å². The lowest BCUT2D eigenvalue weighted by Crippen LogP contribution is -2.41. The van der Waals surface area contributed by atoms with Gasteiger partial charge in [-0.2, -0.15) is 0 Å². The summed E-state index contributed by atoms with van der Waals surface area (Å²) in [4.78, 5) is 7.89. The van der Waals surface area contributed by atoms with E-state index in [1.165, 1.54) is 18.5 Å². The normalized spacial score (nSPS) is 18.7. The van der Waals surface area contributed by atoms with Crippen LogP contribution in [0, 0.1) is 12.7 Å². The van der Waals surface area contributed by atoms with Gasteiger partial charge in [0.1, 0.15) is 0 Å². The van der Waals surface area contributed by atoms with E-state index >= 15 is 0 Å². The first-order chi connectivity index (χ1) is 11.2. The minimum Gasteiger partial charge on any atom is -0.421 e. The molecule has 0 aliphatic carbocycles. The summed E-state index contributed by atoms with van der Waals surface area (Å²) in [6, 6.07) is 4.93. The van der Waals surface area contributed by atoms with Gasteiger partial charge in [-0.05, 0) is 57.8 Å². The number of halogens is 1. The summed E-state index contributed by atoms with van der Waals surface area (Å²) in [6.07, 6.45) is 3.07. The maximum Gasteiger partial charge on any atom is 0.494 e. The van der Waals surface area contributed by atoms with Crippen LogP contribution >= 0.6 is 0 Å². The summed E-state index contributed by atoms with van der Waals surface area (Å²) in [6.45, 7) is 9.60. The molecule has 1 aromatic carbocycles. The van der Waals surface area contributed by atoms with Crippen molar-refractivity contribution in [2.24, 2.45) is 0 Å². The van der Waals surface area contributed by atoms with Crippen molar-refractivity contribution in [2.45, 2.75) is 45.8 Å². The van der Waals surface area contributed by atoms with E-state index in [1.54, 1.807) is 19.1 Å². The van der Waals surface area contributed by atoms with E-state index < -0.39 is 24.1 Å². The second kappa shape index (κ2) is 5.83. The Bertz CT molecular complexity index is 714. The first kappa shape index (κ1) is 16.9. The minimum absolute atomic E-state index is 0.0986. The van der Waals surface area contributed by atoms with E-state index in [2.05, 4.69) is 9.97 Å². The molecule has 1 saturated heterocycles. The zero-order chi connectivity index (χ0) is 17.5. The summed E-state index contributed by atoms with van der Waals surface area (Å²) in [5.74, 6) is -0.409. The molecule has 0 amide bonds. The van der Waals surface area contributed by atoms with E-state index in [1.807, 2.05) is 27.7 Å². The van der Waals surface area contributed by atoms with Crippen LogP contribution < -0.4 is 10.2 Å². The lowest BCUT2D eigenvalue weighted by Gasteiger charge is -2.32. The number of aryl methyl sites for hydroxylation is 1. The molecule has 1 aliphatic rings. The molecule has 0 atom stereocenters. The Kier molecular flexibility index (Phi) is 4.09. The number of hydrogen-bond acceptors (Lipinski definition) is 5. The van der Waals surface area contributed by atoms with Gasteiger partial charge in [-0.15, -0.1) is 0 Å². The van der Waals surface area contributed by atoms with Crippen molar-refractivity contribution in [3.8, 4) is 11.8 Å². The summed E-state index contributed by atoms with van der Waals surface area (Å²) in [5.41, 5.74) is 0.279. The second-order valence-electron chi connectivity index (χ2n) is 6.87. The average molecular weight is 330 g/mol. The SMILES string of the molecule is Cc1cc(B2OC(C)(C)C(C)(C)O2)cc(F)c1Oc1ncccn1. The van der Waals surface area contributed by atoms with E-state index in [9.17, 15) is 4.39 Å². The van der Waals surface area contributed by atoms with Gasteiger partial charge in [0.25, 0.3) is 0 Å². The number of hydrogen-bond donors (Lipinski definition) is 0. The molecule has 0 spiro atoms. The first-order valence-electron chi connectivity index (χ1n) is 7.80. The maximum atomic E-state index is 14.5. The smallest absolute Gasteiger partial charge is 0.421 e. The van der Waals surface area contributed by atoms with Crippen LogP contribution in [0.4, 0.5) is 4.39 Å². The standard InChI is InChI=1S/C17H20BFN2O3/c1-11-9-12(18-23-16(2,3)17(4,5)24-18)10-13(19)14(11)22-15-20-7-6-8-21-15/h6-10H,1-5H3. The Balaban J connectivity index is 1.88. The molecule has 0 saturated carbocycles. The number of nitrogens with zero attached hydrogens (tertiary/aromatic N) is 2. The van der Waals surface area contributed by atoms with Gasteiger partial charge in [-0.3, -0.25) is 0 Å². The summed E-state index contributed by atoms with van der Waals surface area (Å²) in [5, 5.41) is 0. The number of aromatic nitrogens is 2. The third-order valence-electron chi connectivity index (χ3n) is 4.51. The Hall–Kier alpha value is -1.99. The zero-order valence-corrected chi connectivity index (χ0v) is 14.5. The molecule has 0 bridgehead atoms. The molecule has 2 aromatic rings. The van der Waals surface area contributed by atoms with E-state index in [0.29, 0.717) is 11.0 Å². The number of rotatable bonds is 3. The predicted octanol–water partition coefficient (Wildman–Crippen LogP) is 3.02. The fourth-order valence-electron chi connectivity index (χ4n) is 2.43. The van der Waals surface area contributed by atoms with Crippen molar-refractivity contribution in [3.63, 3.8) is 0 Å². The second-order valence-corrected chi connectivity index (χ2v) is 6.87. The quantitative estimate of drug-likeness (QED) is 0.810. The molecule has 0 unspecified atom stereocenters. The Morgan fingerprint density at radius 3 is 2.17 bits per heavy atom. The molecule has 2 heterocycles. The number of ether oxygens (including phenoxy) is 1. The van der Waals surface area contributed by atoms with Crippen LogP contribution in [0.1, 0.15) is 33.3 Å². The summed E-state index contributed by atoms with van der Waals surface area (Å²) in [7, 11) is -0.620. The van der Waals surface area contributed by atoms with Crippen molar-refractivity contribution < 1.29 is 18.4 Å². The van der Waals surface area contributed by atoms with Gasteiger partial charge < -0.3 is 14.0 Å². The van der Waals surface area contributed by atoms with Crippen LogP contribution in [-0.4, -0.2) is 28.3 Å². The lowest BCUT2D eigenvalue weighted by molar-refractivity contribution is 0.00578. The topological polar surface area (TPSA) is 53.5 Å². The van der Waals surface area contributed by atoms with Gasteiger partial charge in [-0.25, -0.2) is 14.4 Å². The molecule has 1 fully saturated rings. The highest BCUT2D eigenvalue weighted by molar-refractivity contribution is 6.62. The van der Waals surface area contributed by atoms with Crippen molar-refractivity contribution in [1.82, 2.24) is 9.97 Å². The van der Waals surface area contributed by atoms with Gasteiger partial charge >= 0.3 is 13.1 Å².